The van der Waals surface area contributed by atoms with Gasteiger partial charge < -0.3 is 25.0 Å². The lowest BCUT2D eigenvalue weighted by Crippen LogP contribution is -2.51. The number of carbonyl (C=O) groups is 4. The summed E-state index contributed by atoms with van der Waals surface area (Å²) in [5.74, 6) is 0.651. The van der Waals surface area contributed by atoms with E-state index in [9.17, 15) is 19.2 Å². The number of nitrogens with zero attached hydrogens (tertiary/aromatic N) is 1. The van der Waals surface area contributed by atoms with Gasteiger partial charge in [-0.2, -0.15) is 0 Å². The first-order valence-corrected chi connectivity index (χ1v) is 9.57. The summed E-state index contributed by atoms with van der Waals surface area (Å²) in [6.45, 7) is 6.19. The summed E-state index contributed by atoms with van der Waals surface area (Å²) in [6.07, 6.45) is 4.79. The molecule has 9 heteroatoms. The summed E-state index contributed by atoms with van der Waals surface area (Å²) in [5.41, 5.74) is 0.0710. The molecule has 168 valence electrons. The predicted octanol–water partition coefficient (Wildman–Crippen LogP) is 1.37. The smallest absolute Gasteiger partial charge is 0.408 e. The number of rotatable bonds is 7. The first-order valence-electron chi connectivity index (χ1n) is 9.57. The van der Waals surface area contributed by atoms with Crippen molar-refractivity contribution in [1.82, 2.24) is 15.5 Å². The Morgan fingerprint density at radius 2 is 1.81 bits per heavy atom. The molecule has 31 heavy (non-hydrogen) atoms. The molecule has 2 atom stereocenters. The third kappa shape index (κ3) is 7.66. The van der Waals surface area contributed by atoms with Gasteiger partial charge in [0.05, 0.1) is 7.11 Å². The van der Waals surface area contributed by atoms with Crippen molar-refractivity contribution < 1.29 is 28.7 Å². The molecule has 0 heterocycles. The maximum atomic E-state index is 13.0. The van der Waals surface area contributed by atoms with Gasteiger partial charge in [-0.15, -0.1) is 6.42 Å². The Kier molecular flexibility index (Phi) is 9.06. The fraction of sp³-hybridized carbons (Fsp3) is 0.455. The fourth-order valence-electron chi connectivity index (χ4n) is 2.70. The lowest BCUT2D eigenvalue weighted by molar-refractivity contribution is -0.143. The SMILES string of the molecule is C#Cc1ccccc1C(C(=O)NCC(=O)OC)N(C)C(=O)C(C)NC(=O)OC(C)(C)C. The van der Waals surface area contributed by atoms with Gasteiger partial charge in [0.2, 0.25) is 11.8 Å². The van der Waals surface area contributed by atoms with Crippen LogP contribution >= 0.6 is 0 Å². The Balaban J connectivity index is 3.15. The van der Waals surface area contributed by atoms with Gasteiger partial charge >= 0.3 is 12.1 Å². The fourth-order valence-corrected chi connectivity index (χ4v) is 2.70. The summed E-state index contributed by atoms with van der Waals surface area (Å²) in [7, 11) is 2.60. The van der Waals surface area contributed by atoms with Crippen molar-refractivity contribution in [3.05, 3.63) is 35.4 Å². The predicted molar refractivity (Wildman–Crippen MR) is 114 cm³/mol. The van der Waals surface area contributed by atoms with Gasteiger partial charge in [-0.1, -0.05) is 24.1 Å². The Bertz CT molecular complexity index is 869. The van der Waals surface area contributed by atoms with Crippen LogP contribution in [0.15, 0.2) is 24.3 Å². The molecule has 9 nitrogen and oxygen atoms in total. The van der Waals surface area contributed by atoms with E-state index >= 15 is 0 Å². The number of nitrogens with one attached hydrogen (secondary N) is 2. The van der Waals surface area contributed by atoms with Crippen LogP contribution in [0.25, 0.3) is 0 Å². The average Bonchev–Trinajstić information content (AvgIpc) is 2.70. The van der Waals surface area contributed by atoms with Crippen molar-refractivity contribution >= 4 is 23.9 Å². The topological polar surface area (TPSA) is 114 Å². The van der Waals surface area contributed by atoms with Crippen LogP contribution in [-0.4, -0.2) is 61.1 Å². The third-order valence-electron chi connectivity index (χ3n) is 4.13. The number of terminal acetylenes is 1. The number of alkyl carbamates (subject to hydrolysis) is 1. The van der Waals surface area contributed by atoms with Crippen LogP contribution in [0.4, 0.5) is 4.79 Å². The number of likely N-dealkylation sites (N-methyl/N-ethyl adjacent to an activating group) is 1. The van der Waals surface area contributed by atoms with Crippen LogP contribution in [0, 0.1) is 12.3 Å². The number of esters is 1. The Hall–Kier alpha value is -3.54. The number of carbonyl (C=O) groups excluding carboxylic acids is 4. The first-order chi connectivity index (χ1) is 14.4. The number of ether oxygens (including phenoxy) is 2. The molecule has 0 fully saturated rings. The molecule has 0 saturated heterocycles. The molecule has 2 N–H and O–H groups in total. The minimum Gasteiger partial charge on any atom is -0.468 e. The molecule has 0 aliphatic rings. The van der Waals surface area contributed by atoms with E-state index in [1.165, 1.54) is 21.1 Å². The van der Waals surface area contributed by atoms with Crippen LogP contribution < -0.4 is 10.6 Å². The zero-order valence-electron chi connectivity index (χ0n) is 18.6. The second-order valence-electron chi connectivity index (χ2n) is 7.75. The van der Waals surface area contributed by atoms with Crippen LogP contribution in [-0.2, 0) is 23.9 Å². The Morgan fingerprint density at radius 3 is 2.35 bits per heavy atom. The van der Waals surface area contributed by atoms with Crippen LogP contribution in [0.5, 0.6) is 0 Å². The highest BCUT2D eigenvalue weighted by atomic mass is 16.6. The lowest BCUT2D eigenvalue weighted by Gasteiger charge is -2.31. The molecule has 0 spiro atoms. The number of hydrogen-bond donors (Lipinski definition) is 2. The zero-order valence-corrected chi connectivity index (χ0v) is 18.6. The molecule has 3 amide bonds. The normalized spacial score (nSPS) is 12.5. The molecule has 2 unspecified atom stereocenters. The summed E-state index contributed by atoms with van der Waals surface area (Å²) < 4.78 is 9.70. The van der Waals surface area contributed by atoms with Gasteiger partial charge in [0.1, 0.15) is 24.2 Å². The van der Waals surface area contributed by atoms with E-state index in [2.05, 4.69) is 21.3 Å². The molecule has 1 rings (SSSR count). The molecule has 1 aromatic carbocycles. The van der Waals surface area contributed by atoms with Crippen LogP contribution in [0.3, 0.4) is 0 Å². The highest BCUT2D eigenvalue weighted by Gasteiger charge is 2.33. The highest BCUT2D eigenvalue weighted by Crippen LogP contribution is 2.24. The lowest BCUT2D eigenvalue weighted by atomic mass is 9.98. The van der Waals surface area contributed by atoms with Crippen molar-refractivity contribution in [1.29, 1.82) is 0 Å². The monoisotopic (exact) mass is 431 g/mol. The van der Waals surface area contributed by atoms with E-state index in [0.29, 0.717) is 11.1 Å². The van der Waals surface area contributed by atoms with E-state index in [-0.39, 0.29) is 6.54 Å². The van der Waals surface area contributed by atoms with Crippen molar-refractivity contribution in [2.24, 2.45) is 0 Å². The molecule has 0 bridgehead atoms. The summed E-state index contributed by atoms with van der Waals surface area (Å²) in [6, 6.07) is 4.50. The third-order valence-corrected chi connectivity index (χ3v) is 4.13. The van der Waals surface area contributed by atoms with E-state index in [0.717, 1.165) is 4.90 Å². The van der Waals surface area contributed by atoms with Crippen molar-refractivity contribution in [2.75, 3.05) is 20.7 Å². The molecule has 0 saturated carbocycles. The van der Waals surface area contributed by atoms with E-state index in [1.54, 1.807) is 45.0 Å². The molecule has 0 aliphatic carbocycles. The van der Waals surface area contributed by atoms with Gasteiger partial charge in [-0.25, -0.2) is 4.79 Å². The van der Waals surface area contributed by atoms with E-state index in [4.69, 9.17) is 11.2 Å². The summed E-state index contributed by atoms with van der Waals surface area (Å²) >= 11 is 0. The quantitative estimate of drug-likeness (QED) is 0.498. The summed E-state index contributed by atoms with van der Waals surface area (Å²) in [4.78, 5) is 50.5. The Labute approximate surface area is 182 Å². The van der Waals surface area contributed by atoms with Crippen LogP contribution in [0.1, 0.15) is 44.9 Å². The zero-order chi connectivity index (χ0) is 23.8. The molecule has 0 aliphatic heterocycles. The van der Waals surface area contributed by atoms with E-state index in [1.807, 2.05) is 0 Å². The highest BCUT2D eigenvalue weighted by molar-refractivity contribution is 5.93. The molecular formula is C22H29N3O6. The maximum Gasteiger partial charge on any atom is 0.408 e. The van der Waals surface area contributed by atoms with E-state index < -0.39 is 41.6 Å². The van der Waals surface area contributed by atoms with Crippen molar-refractivity contribution in [3.63, 3.8) is 0 Å². The molecule has 1 aromatic rings. The number of hydrogen-bond acceptors (Lipinski definition) is 6. The maximum absolute atomic E-state index is 13.0. The second kappa shape index (κ2) is 11.0. The van der Waals surface area contributed by atoms with Crippen molar-refractivity contribution in [2.45, 2.75) is 45.4 Å². The van der Waals surface area contributed by atoms with Gasteiger partial charge in [0.25, 0.3) is 0 Å². The summed E-state index contributed by atoms with van der Waals surface area (Å²) in [5, 5.41) is 4.89. The van der Waals surface area contributed by atoms with Gasteiger partial charge in [-0.3, -0.25) is 14.4 Å². The van der Waals surface area contributed by atoms with Gasteiger partial charge in [0.15, 0.2) is 0 Å². The standard InChI is InChI=1S/C22H29N3O6/c1-8-15-11-9-10-12-16(15)18(19(27)23-13-17(26)30-7)25(6)20(28)14(2)24-21(29)31-22(3,4)5/h1,9-12,14,18H,13H2,2-7H3,(H,23,27)(H,24,29). The minimum atomic E-state index is -1.15. The molecule has 0 aromatic heterocycles. The average molecular weight is 431 g/mol. The molecular weight excluding hydrogens is 402 g/mol. The number of benzene rings is 1. The Morgan fingerprint density at radius 1 is 1.19 bits per heavy atom. The molecule has 0 radical (unpaired) electrons. The first kappa shape index (κ1) is 25.5. The van der Waals surface area contributed by atoms with Crippen LogP contribution in [0.2, 0.25) is 0 Å². The minimum absolute atomic E-state index is 0.377. The van der Waals surface area contributed by atoms with Gasteiger partial charge in [0, 0.05) is 12.6 Å². The van der Waals surface area contributed by atoms with Gasteiger partial charge in [-0.05, 0) is 39.3 Å². The number of methoxy groups -OCH3 is 1. The second-order valence-corrected chi connectivity index (χ2v) is 7.75. The number of amides is 3. The largest absolute Gasteiger partial charge is 0.468 e. The van der Waals surface area contributed by atoms with Crippen molar-refractivity contribution in [3.8, 4) is 12.3 Å².